The Balaban J connectivity index is 2.69. The average molecular weight is 328 g/mol. The molecular weight excluding hydrogens is 310 g/mol. The van der Waals surface area contributed by atoms with Crippen LogP contribution in [-0.4, -0.2) is 23.0 Å². The molecule has 1 aromatic rings. The lowest BCUT2D eigenvalue weighted by Gasteiger charge is -2.17. The van der Waals surface area contributed by atoms with Gasteiger partial charge in [-0.2, -0.15) is 0 Å². The van der Waals surface area contributed by atoms with Gasteiger partial charge in [0, 0.05) is 4.47 Å². The van der Waals surface area contributed by atoms with Gasteiger partial charge in [-0.3, -0.25) is 4.79 Å². The van der Waals surface area contributed by atoms with E-state index in [9.17, 15) is 9.59 Å². The number of carbonyl (C=O) groups is 2. The van der Waals surface area contributed by atoms with Gasteiger partial charge in [-0.05, 0) is 30.0 Å². The summed E-state index contributed by atoms with van der Waals surface area (Å²) in [5.74, 6) is -1.43. The number of nitrogens with one attached hydrogen (secondary N) is 1. The predicted molar refractivity (Wildman–Crippen MR) is 77.0 cm³/mol. The Bertz CT molecular complexity index is 486. The first-order chi connectivity index (χ1) is 8.81. The SMILES string of the molecule is Cc1ccc(CC(=O)N[C@@H](C(=O)O)C(C)C)cc1Br. The molecule has 1 atom stereocenters. The molecular formula is C14H18BrNO3. The third-order valence-corrected chi connectivity index (χ3v) is 3.70. The lowest BCUT2D eigenvalue weighted by atomic mass is 10.0. The standard InChI is InChI=1S/C14H18BrNO3/c1-8(2)13(14(18)19)16-12(17)7-10-5-4-9(3)11(15)6-10/h4-6,8,13H,7H2,1-3H3,(H,16,17)(H,18,19)/t13-/m1/s1. The number of carboxylic acids is 1. The van der Waals surface area contributed by atoms with E-state index >= 15 is 0 Å². The van der Waals surface area contributed by atoms with Gasteiger partial charge in [0.2, 0.25) is 5.91 Å². The Labute approximate surface area is 121 Å². The minimum absolute atomic E-state index is 0.147. The molecule has 0 spiro atoms. The third-order valence-electron chi connectivity index (χ3n) is 2.85. The molecule has 4 nitrogen and oxygen atoms in total. The van der Waals surface area contributed by atoms with Crippen molar-refractivity contribution in [3.05, 3.63) is 33.8 Å². The van der Waals surface area contributed by atoms with Gasteiger partial charge in [-0.25, -0.2) is 4.79 Å². The molecule has 19 heavy (non-hydrogen) atoms. The zero-order chi connectivity index (χ0) is 14.6. The number of benzene rings is 1. The van der Waals surface area contributed by atoms with Crippen LogP contribution in [0.1, 0.15) is 25.0 Å². The minimum Gasteiger partial charge on any atom is -0.480 e. The van der Waals surface area contributed by atoms with Crippen molar-refractivity contribution in [3.8, 4) is 0 Å². The molecule has 0 aliphatic rings. The number of halogens is 1. The molecule has 0 unspecified atom stereocenters. The molecule has 0 fully saturated rings. The van der Waals surface area contributed by atoms with Crippen LogP contribution in [0.25, 0.3) is 0 Å². The highest BCUT2D eigenvalue weighted by atomic mass is 79.9. The number of aryl methyl sites for hydroxylation is 1. The van der Waals surface area contributed by atoms with Gasteiger partial charge in [-0.15, -0.1) is 0 Å². The molecule has 0 radical (unpaired) electrons. The predicted octanol–water partition coefficient (Wildman–Crippen LogP) is 2.53. The number of rotatable bonds is 5. The summed E-state index contributed by atoms with van der Waals surface area (Å²) in [7, 11) is 0. The summed E-state index contributed by atoms with van der Waals surface area (Å²) in [6, 6.07) is 4.82. The molecule has 0 aliphatic heterocycles. The lowest BCUT2D eigenvalue weighted by molar-refractivity contribution is -0.143. The second-order valence-corrected chi connectivity index (χ2v) is 5.74. The summed E-state index contributed by atoms with van der Waals surface area (Å²) < 4.78 is 0.941. The molecule has 1 amide bonds. The summed E-state index contributed by atoms with van der Waals surface area (Å²) in [5, 5.41) is 11.6. The van der Waals surface area contributed by atoms with E-state index in [2.05, 4.69) is 21.2 Å². The largest absolute Gasteiger partial charge is 0.480 e. The Kier molecular flexibility index (Phi) is 5.54. The van der Waals surface area contributed by atoms with Crippen LogP contribution >= 0.6 is 15.9 Å². The van der Waals surface area contributed by atoms with E-state index in [1.807, 2.05) is 25.1 Å². The van der Waals surface area contributed by atoms with E-state index < -0.39 is 12.0 Å². The van der Waals surface area contributed by atoms with E-state index in [0.717, 1.165) is 15.6 Å². The van der Waals surface area contributed by atoms with Crippen molar-refractivity contribution in [2.45, 2.75) is 33.2 Å². The second-order valence-electron chi connectivity index (χ2n) is 4.89. The van der Waals surface area contributed by atoms with Crippen molar-refractivity contribution in [1.29, 1.82) is 0 Å². The van der Waals surface area contributed by atoms with Gasteiger partial charge in [-0.1, -0.05) is 41.9 Å². The molecule has 0 aliphatic carbocycles. The van der Waals surface area contributed by atoms with E-state index in [1.165, 1.54) is 0 Å². The maximum Gasteiger partial charge on any atom is 0.326 e. The van der Waals surface area contributed by atoms with Gasteiger partial charge < -0.3 is 10.4 Å². The number of aliphatic carboxylic acids is 1. The number of carboxylic acid groups (broad SMARTS) is 1. The normalized spacial score (nSPS) is 12.3. The number of carbonyl (C=O) groups excluding carboxylic acids is 1. The molecule has 1 rings (SSSR count). The summed E-state index contributed by atoms with van der Waals surface area (Å²) >= 11 is 3.41. The average Bonchev–Trinajstić information content (AvgIpc) is 2.30. The lowest BCUT2D eigenvalue weighted by Crippen LogP contribution is -2.44. The number of amides is 1. The molecule has 104 valence electrons. The van der Waals surface area contributed by atoms with E-state index in [4.69, 9.17) is 5.11 Å². The van der Waals surface area contributed by atoms with Gasteiger partial charge in [0.05, 0.1) is 6.42 Å². The maximum absolute atomic E-state index is 11.8. The fourth-order valence-electron chi connectivity index (χ4n) is 1.67. The molecule has 0 heterocycles. The van der Waals surface area contributed by atoms with Gasteiger partial charge >= 0.3 is 5.97 Å². The second kappa shape index (κ2) is 6.70. The Morgan fingerprint density at radius 3 is 2.47 bits per heavy atom. The molecule has 5 heteroatoms. The topological polar surface area (TPSA) is 66.4 Å². The van der Waals surface area contributed by atoms with Crippen molar-refractivity contribution < 1.29 is 14.7 Å². The zero-order valence-corrected chi connectivity index (χ0v) is 12.8. The Morgan fingerprint density at radius 1 is 1.37 bits per heavy atom. The van der Waals surface area contributed by atoms with E-state index in [-0.39, 0.29) is 18.2 Å². The molecule has 0 saturated carbocycles. The molecule has 1 aromatic carbocycles. The first kappa shape index (κ1) is 15.7. The van der Waals surface area contributed by atoms with E-state index in [1.54, 1.807) is 13.8 Å². The Morgan fingerprint density at radius 2 is 2.00 bits per heavy atom. The van der Waals surface area contributed by atoms with Crippen LogP contribution in [0, 0.1) is 12.8 Å². The Hall–Kier alpha value is -1.36. The maximum atomic E-state index is 11.8. The molecule has 2 N–H and O–H groups in total. The summed E-state index contributed by atoms with van der Waals surface area (Å²) in [6.45, 7) is 5.50. The van der Waals surface area contributed by atoms with Crippen LogP contribution in [0.3, 0.4) is 0 Å². The number of hydrogen-bond acceptors (Lipinski definition) is 2. The molecule has 0 aromatic heterocycles. The first-order valence-corrected chi connectivity index (χ1v) is 6.87. The highest BCUT2D eigenvalue weighted by Gasteiger charge is 2.23. The first-order valence-electron chi connectivity index (χ1n) is 6.08. The fraction of sp³-hybridized carbons (Fsp3) is 0.429. The third kappa shape index (κ3) is 4.67. The van der Waals surface area contributed by atoms with Crippen molar-refractivity contribution >= 4 is 27.8 Å². The van der Waals surface area contributed by atoms with Gasteiger partial charge in [0.15, 0.2) is 0 Å². The highest BCUT2D eigenvalue weighted by molar-refractivity contribution is 9.10. The smallest absolute Gasteiger partial charge is 0.326 e. The van der Waals surface area contributed by atoms with Crippen LogP contribution in [0.4, 0.5) is 0 Å². The van der Waals surface area contributed by atoms with Crippen LogP contribution in [0.2, 0.25) is 0 Å². The summed E-state index contributed by atoms with van der Waals surface area (Å²) in [4.78, 5) is 22.8. The number of hydrogen-bond donors (Lipinski definition) is 2. The van der Waals surface area contributed by atoms with Crippen molar-refractivity contribution in [1.82, 2.24) is 5.32 Å². The van der Waals surface area contributed by atoms with Crippen LogP contribution in [-0.2, 0) is 16.0 Å². The van der Waals surface area contributed by atoms with Crippen molar-refractivity contribution in [3.63, 3.8) is 0 Å². The summed E-state index contributed by atoms with van der Waals surface area (Å²) in [6.07, 6.45) is 0.176. The van der Waals surface area contributed by atoms with Crippen LogP contribution in [0.15, 0.2) is 22.7 Å². The van der Waals surface area contributed by atoms with Gasteiger partial charge in [0.1, 0.15) is 6.04 Å². The minimum atomic E-state index is -1.01. The van der Waals surface area contributed by atoms with Crippen LogP contribution < -0.4 is 5.32 Å². The van der Waals surface area contributed by atoms with Gasteiger partial charge in [0.25, 0.3) is 0 Å². The van der Waals surface area contributed by atoms with Crippen molar-refractivity contribution in [2.24, 2.45) is 5.92 Å². The zero-order valence-electron chi connectivity index (χ0n) is 11.2. The highest BCUT2D eigenvalue weighted by Crippen LogP contribution is 2.17. The van der Waals surface area contributed by atoms with Crippen LogP contribution in [0.5, 0.6) is 0 Å². The molecule has 0 bridgehead atoms. The monoisotopic (exact) mass is 327 g/mol. The fourth-order valence-corrected chi connectivity index (χ4v) is 2.10. The molecule has 0 saturated heterocycles. The van der Waals surface area contributed by atoms with E-state index in [0.29, 0.717) is 0 Å². The quantitative estimate of drug-likeness (QED) is 0.873. The summed E-state index contributed by atoms with van der Waals surface area (Å²) in [5.41, 5.74) is 1.94. The van der Waals surface area contributed by atoms with Crippen molar-refractivity contribution in [2.75, 3.05) is 0 Å².